The molecule has 0 saturated carbocycles. The van der Waals surface area contributed by atoms with E-state index in [0.717, 1.165) is 16.9 Å². The number of nitrogens with one attached hydrogen (secondary N) is 1. The van der Waals surface area contributed by atoms with Gasteiger partial charge in [-0.3, -0.25) is 14.3 Å². The number of hydrogen-bond acceptors (Lipinski definition) is 4. The van der Waals surface area contributed by atoms with Gasteiger partial charge in [-0.1, -0.05) is 18.2 Å². The maximum absolute atomic E-state index is 12.4. The second-order valence-electron chi connectivity index (χ2n) is 6.74. The molecule has 3 N–H and O–H groups in total. The van der Waals surface area contributed by atoms with Crippen molar-refractivity contribution in [3.05, 3.63) is 84.1 Å². The lowest BCUT2D eigenvalue weighted by atomic mass is 10.1. The van der Waals surface area contributed by atoms with Crippen molar-refractivity contribution in [2.75, 3.05) is 5.32 Å². The highest BCUT2D eigenvalue weighted by Crippen LogP contribution is 2.12. The lowest BCUT2D eigenvalue weighted by Gasteiger charge is -2.04. The van der Waals surface area contributed by atoms with Crippen molar-refractivity contribution < 1.29 is 9.59 Å². The molecule has 0 saturated heterocycles. The molecule has 3 aromatic heterocycles. The summed E-state index contributed by atoms with van der Waals surface area (Å²) in [5, 5.41) is 7.13. The van der Waals surface area contributed by atoms with Crippen molar-refractivity contribution in [1.82, 2.24) is 19.2 Å². The summed E-state index contributed by atoms with van der Waals surface area (Å²) in [4.78, 5) is 27.8. The van der Waals surface area contributed by atoms with Crippen LogP contribution < -0.4 is 11.1 Å². The Balaban J connectivity index is 1.38. The third kappa shape index (κ3) is 4.49. The fourth-order valence-corrected chi connectivity index (χ4v) is 3.04. The molecule has 3 heterocycles. The van der Waals surface area contributed by atoms with E-state index in [9.17, 15) is 9.59 Å². The Morgan fingerprint density at radius 3 is 2.66 bits per heavy atom. The number of aromatic nitrogens is 4. The molecule has 0 aliphatic heterocycles. The van der Waals surface area contributed by atoms with Gasteiger partial charge in [-0.2, -0.15) is 5.10 Å². The first-order chi connectivity index (χ1) is 14.1. The quantitative estimate of drug-likeness (QED) is 0.506. The molecule has 1 aromatic carbocycles. The highest BCUT2D eigenvalue weighted by molar-refractivity contribution is 6.04. The van der Waals surface area contributed by atoms with E-state index in [1.165, 1.54) is 0 Å². The number of amides is 2. The molecule has 2 amide bonds. The summed E-state index contributed by atoms with van der Waals surface area (Å²) in [5.74, 6) is -0.564. The van der Waals surface area contributed by atoms with Crippen LogP contribution in [0.1, 0.15) is 28.0 Å². The van der Waals surface area contributed by atoms with E-state index in [4.69, 9.17) is 5.73 Å². The number of anilines is 1. The number of primary amides is 1. The van der Waals surface area contributed by atoms with Gasteiger partial charge in [-0.05, 0) is 36.2 Å². The molecule has 146 valence electrons. The number of nitrogens with zero attached hydrogens (tertiary/aromatic N) is 4. The van der Waals surface area contributed by atoms with Gasteiger partial charge in [-0.15, -0.1) is 0 Å². The number of nitrogens with two attached hydrogens (primary N) is 1. The highest BCUT2D eigenvalue weighted by atomic mass is 16.2. The van der Waals surface area contributed by atoms with Crippen LogP contribution in [0.4, 0.5) is 5.69 Å². The molecule has 8 heteroatoms. The van der Waals surface area contributed by atoms with Crippen molar-refractivity contribution in [3.8, 4) is 0 Å². The minimum atomic E-state index is -0.340. The van der Waals surface area contributed by atoms with E-state index in [0.29, 0.717) is 24.2 Å². The second-order valence-corrected chi connectivity index (χ2v) is 6.74. The molecule has 0 radical (unpaired) electrons. The average molecular weight is 388 g/mol. The number of rotatable bonds is 7. The van der Waals surface area contributed by atoms with Gasteiger partial charge in [0, 0.05) is 30.6 Å². The van der Waals surface area contributed by atoms with Crippen LogP contribution in [0.25, 0.3) is 5.65 Å². The minimum absolute atomic E-state index is 0.223. The van der Waals surface area contributed by atoms with Crippen molar-refractivity contribution in [3.63, 3.8) is 0 Å². The van der Waals surface area contributed by atoms with E-state index in [1.54, 1.807) is 29.2 Å². The van der Waals surface area contributed by atoms with Crippen molar-refractivity contribution >= 4 is 23.1 Å². The first kappa shape index (κ1) is 18.4. The van der Waals surface area contributed by atoms with Gasteiger partial charge in [-0.25, -0.2) is 4.98 Å². The predicted molar refractivity (Wildman–Crippen MR) is 108 cm³/mol. The van der Waals surface area contributed by atoms with E-state index in [2.05, 4.69) is 15.4 Å². The predicted octanol–water partition coefficient (Wildman–Crippen LogP) is 2.25. The zero-order chi connectivity index (χ0) is 20.2. The molecule has 4 rings (SSSR count). The highest BCUT2D eigenvalue weighted by Gasteiger charge is 2.09. The summed E-state index contributed by atoms with van der Waals surface area (Å²) in [7, 11) is 0. The molecule has 29 heavy (non-hydrogen) atoms. The number of fused-ring (bicyclic) bond motifs is 1. The SMILES string of the molecule is NC(=O)CCc1ccc(C(=O)Nc2cnn(Cc3cn4ccccc4n3)c2)cc1. The van der Waals surface area contributed by atoms with Crippen LogP contribution >= 0.6 is 0 Å². The first-order valence-electron chi connectivity index (χ1n) is 9.20. The molecular formula is C21H20N6O2. The van der Waals surface area contributed by atoms with Gasteiger partial charge < -0.3 is 15.5 Å². The zero-order valence-electron chi connectivity index (χ0n) is 15.7. The Labute approximate surface area is 167 Å². The molecule has 0 aliphatic rings. The summed E-state index contributed by atoms with van der Waals surface area (Å²) < 4.78 is 3.68. The third-order valence-electron chi connectivity index (χ3n) is 4.51. The van der Waals surface area contributed by atoms with Crippen molar-refractivity contribution in [1.29, 1.82) is 0 Å². The maximum atomic E-state index is 12.4. The topological polar surface area (TPSA) is 107 Å². The van der Waals surface area contributed by atoms with Gasteiger partial charge >= 0.3 is 0 Å². The number of aryl methyl sites for hydroxylation is 1. The first-order valence-corrected chi connectivity index (χ1v) is 9.20. The van der Waals surface area contributed by atoms with Crippen LogP contribution in [0.2, 0.25) is 0 Å². The molecule has 0 fully saturated rings. The van der Waals surface area contributed by atoms with E-state index in [-0.39, 0.29) is 18.2 Å². The van der Waals surface area contributed by atoms with Crippen LogP contribution in [0.15, 0.2) is 67.3 Å². The minimum Gasteiger partial charge on any atom is -0.370 e. The van der Waals surface area contributed by atoms with Crippen molar-refractivity contribution in [2.24, 2.45) is 5.73 Å². The summed E-state index contributed by atoms with van der Waals surface area (Å²) >= 11 is 0. The molecule has 0 aliphatic carbocycles. The molecule has 0 bridgehead atoms. The summed E-state index contributed by atoms with van der Waals surface area (Å²) in [6.07, 6.45) is 8.12. The Morgan fingerprint density at radius 2 is 1.90 bits per heavy atom. The molecule has 4 aromatic rings. The number of carbonyl (C=O) groups excluding carboxylic acids is 2. The van der Waals surface area contributed by atoms with Crippen LogP contribution in [0, 0.1) is 0 Å². The Kier molecular flexibility index (Phi) is 5.07. The maximum Gasteiger partial charge on any atom is 0.255 e. The fourth-order valence-electron chi connectivity index (χ4n) is 3.04. The second kappa shape index (κ2) is 7.97. The van der Waals surface area contributed by atoms with Crippen molar-refractivity contribution in [2.45, 2.75) is 19.4 Å². The number of pyridine rings is 1. The molecule has 0 spiro atoms. The number of hydrogen-bond donors (Lipinski definition) is 2. The van der Waals surface area contributed by atoms with Crippen LogP contribution in [0.3, 0.4) is 0 Å². The van der Waals surface area contributed by atoms with Crippen LogP contribution in [-0.2, 0) is 17.8 Å². The third-order valence-corrected chi connectivity index (χ3v) is 4.51. The Hall–Kier alpha value is -3.94. The number of imidazole rings is 1. The Bertz CT molecular complexity index is 1130. The van der Waals surface area contributed by atoms with Gasteiger partial charge in [0.1, 0.15) is 5.65 Å². The van der Waals surface area contributed by atoms with Crippen LogP contribution in [0.5, 0.6) is 0 Å². The smallest absolute Gasteiger partial charge is 0.255 e. The largest absolute Gasteiger partial charge is 0.370 e. The lowest BCUT2D eigenvalue weighted by Crippen LogP contribution is -2.12. The normalized spacial score (nSPS) is 10.9. The molecule has 0 atom stereocenters. The summed E-state index contributed by atoms with van der Waals surface area (Å²) in [5.41, 5.74) is 9.01. The monoisotopic (exact) mass is 388 g/mol. The van der Waals surface area contributed by atoms with E-state index < -0.39 is 0 Å². The fraction of sp³-hybridized carbons (Fsp3) is 0.143. The summed E-state index contributed by atoms with van der Waals surface area (Å²) in [6.45, 7) is 0.506. The lowest BCUT2D eigenvalue weighted by molar-refractivity contribution is -0.117. The van der Waals surface area contributed by atoms with E-state index in [1.807, 2.05) is 47.1 Å². The molecule has 8 nitrogen and oxygen atoms in total. The van der Waals surface area contributed by atoms with Crippen LogP contribution in [-0.4, -0.2) is 31.0 Å². The van der Waals surface area contributed by atoms with Gasteiger partial charge in [0.05, 0.1) is 24.1 Å². The van der Waals surface area contributed by atoms with Gasteiger partial charge in [0.2, 0.25) is 5.91 Å². The zero-order valence-corrected chi connectivity index (χ0v) is 15.7. The summed E-state index contributed by atoms with van der Waals surface area (Å²) in [6, 6.07) is 12.9. The molecule has 0 unspecified atom stereocenters. The number of benzene rings is 1. The Morgan fingerprint density at radius 1 is 1.07 bits per heavy atom. The average Bonchev–Trinajstić information content (AvgIpc) is 3.33. The molecular weight excluding hydrogens is 368 g/mol. The number of carbonyl (C=O) groups is 2. The van der Waals surface area contributed by atoms with E-state index >= 15 is 0 Å². The standard InChI is InChI=1S/C21H20N6O2/c22-19(28)9-6-15-4-7-16(8-5-15)21(29)25-17-11-23-27(13-17)14-18-12-26-10-2-1-3-20(26)24-18/h1-5,7-8,10-13H,6,9,14H2,(H2,22,28)(H,25,29). The van der Waals surface area contributed by atoms with Gasteiger partial charge in [0.25, 0.3) is 5.91 Å². The van der Waals surface area contributed by atoms with Gasteiger partial charge in [0.15, 0.2) is 0 Å².